The molecule has 1 aliphatic rings. The predicted molar refractivity (Wildman–Crippen MR) is 119 cm³/mol. The van der Waals surface area contributed by atoms with E-state index >= 15 is 0 Å². The van der Waals surface area contributed by atoms with Crippen molar-refractivity contribution >= 4 is 28.5 Å². The van der Waals surface area contributed by atoms with Crippen LogP contribution in [-0.2, 0) is 7.05 Å². The number of nitrogens with zero attached hydrogens (tertiary/aromatic N) is 5. The van der Waals surface area contributed by atoms with Crippen LogP contribution < -0.4 is 4.74 Å². The molecule has 6 nitrogen and oxygen atoms in total. The van der Waals surface area contributed by atoms with Gasteiger partial charge in [-0.05, 0) is 36.2 Å². The normalized spacial score (nSPS) is 14.9. The minimum absolute atomic E-state index is 0.203. The molecule has 0 unspecified atom stereocenters. The third-order valence-corrected chi connectivity index (χ3v) is 6.16. The predicted octanol–water partition coefficient (Wildman–Crippen LogP) is 4.63. The van der Waals surface area contributed by atoms with E-state index in [1.165, 1.54) is 0 Å². The van der Waals surface area contributed by atoms with Gasteiger partial charge in [-0.15, -0.1) is 0 Å². The number of aryl methyl sites for hydroxylation is 1. The number of nitriles is 1. The van der Waals surface area contributed by atoms with Crippen LogP contribution in [0.15, 0.2) is 42.7 Å². The second-order valence-electron chi connectivity index (χ2n) is 8.06. The van der Waals surface area contributed by atoms with Gasteiger partial charge in [-0.1, -0.05) is 25.5 Å². The minimum Gasteiger partial charge on any atom is -0.495 e. The van der Waals surface area contributed by atoms with E-state index in [0.717, 1.165) is 70.0 Å². The first-order valence-corrected chi connectivity index (χ1v) is 10.3. The Balaban J connectivity index is 1.54. The molecule has 4 aromatic rings. The molecule has 7 heteroatoms. The van der Waals surface area contributed by atoms with Gasteiger partial charge in [-0.2, -0.15) is 5.10 Å². The fourth-order valence-corrected chi connectivity index (χ4v) is 4.56. The molecule has 30 heavy (non-hydrogen) atoms. The largest absolute Gasteiger partial charge is 0.495 e. The number of pyridine rings is 2. The third kappa shape index (κ3) is 3.19. The van der Waals surface area contributed by atoms with Crippen LogP contribution in [0.3, 0.4) is 0 Å². The summed E-state index contributed by atoms with van der Waals surface area (Å²) < 4.78 is 7.60. The molecule has 0 amide bonds. The highest BCUT2D eigenvalue weighted by molar-refractivity contribution is 6.67. The van der Waals surface area contributed by atoms with Gasteiger partial charge in [0.15, 0.2) is 0 Å². The molecule has 0 N–H and O–H groups in total. The van der Waals surface area contributed by atoms with Crippen LogP contribution >= 0.6 is 0 Å². The molecule has 148 valence electrons. The smallest absolute Gasteiger partial charge is 0.267 e. The molecule has 1 saturated heterocycles. The van der Waals surface area contributed by atoms with E-state index < -0.39 is 0 Å². The van der Waals surface area contributed by atoms with Gasteiger partial charge in [0, 0.05) is 41.2 Å². The maximum absolute atomic E-state index is 9.14. The quantitative estimate of drug-likeness (QED) is 0.473. The molecule has 0 saturated carbocycles. The van der Waals surface area contributed by atoms with Crippen molar-refractivity contribution in [2.45, 2.75) is 31.4 Å². The molecule has 5 rings (SSSR count). The standard InChI is InChI=1S/C23H22BN5O/c1-29-13-16-11-21(26-12-22(16)28-29)18-4-6-20-17(23(18)30-2)3-5-19(27-20)15-7-9-24(14-25)10-8-15/h3-6,11-13,15H,7-10H2,1-2H3. The van der Waals surface area contributed by atoms with E-state index in [1.807, 2.05) is 31.4 Å². The highest BCUT2D eigenvalue weighted by atomic mass is 16.5. The van der Waals surface area contributed by atoms with Crippen LogP contribution in [0, 0.1) is 11.2 Å². The summed E-state index contributed by atoms with van der Waals surface area (Å²) in [4.78, 5) is 9.56. The number of hydrogen-bond donors (Lipinski definition) is 0. The first kappa shape index (κ1) is 18.6. The Morgan fingerprint density at radius 3 is 2.77 bits per heavy atom. The summed E-state index contributed by atoms with van der Waals surface area (Å²) in [6.45, 7) is 0.203. The number of ether oxygens (including phenoxy) is 1. The van der Waals surface area contributed by atoms with Gasteiger partial charge in [0.2, 0.25) is 0 Å². The van der Waals surface area contributed by atoms with Crippen molar-refractivity contribution in [3.63, 3.8) is 0 Å². The highest BCUT2D eigenvalue weighted by Gasteiger charge is 2.26. The maximum Gasteiger partial charge on any atom is 0.267 e. The lowest BCUT2D eigenvalue weighted by molar-refractivity contribution is 0.421. The summed E-state index contributed by atoms with van der Waals surface area (Å²) in [6.07, 6.45) is 7.77. The van der Waals surface area contributed by atoms with Gasteiger partial charge in [0.25, 0.3) is 6.71 Å². The van der Waals surface area contributed by atoms with E-state index in [4.69, 9.17) is 15.0 Å². The zero-order valence-corrected chi connectivity index (χ0v) is 17.2. The monoisotopic (exact) mass is 395 g/mol. The Bertz CT molecular complexity index is 1280. The van der Waals surface area contributed by atoms with Crippen molar-refractivity contribution in [3.05, 3.63) is 48.4 Å². The number of hydrogen-bond acceptors (Lipinski definition) is 5. The lowest BCUT2D eigenvalue weighted by Gasteiger charge is -2.23. The lowest BCUT2D eigenvalue weighted by Crippen LogP contribution is -2.19. The fraction of sp³-hybridized carbons (Fsp3) is 0.304. The molecular weight excluding hydrogens is 373 g/mol. The first-order chi connectivity index (χ1) is 14.7. The lowest BCUT2D eigenvalue weighted by atomic mass is 9.41. The van der Waals surface area contributed by atoms with Crippen molar-refractivity contribution in [1.29, 1.82) is 5.26 Å². The van der Waals surface area contributed by atoms with E-state index in [1.54, 1.807) is 18.0 Å². The van der Waals surface area contributed by atoms with Crippen molar-refractivity contribution in [2.24, 2.45) is 7.05 Å². The van der Waals surface area contributed by atoms with E-state index in [-0.39, 0.29) is 6.71 Å². The molecule has 0 bridgehead atoms. The average Bonchev–Trinajstić information content (AvgIpc) is 3.17. The summed E-state index contributed by atoms with van der Waals surface area (Å²) in [6, 6.07) is 10.4. The van der Waals surface area contributed by atoms with Gasteiger partial charge in [0.1, 0.15) is 11.3 Å². The van der Waals surface area contributed by atoms with E-state index in [0.29, 0.717) is 5.92 Å². The molecule has 1 aliphatic heterocycles. The van der Waals surface area contributed by atoms with Crippen LogP contribution in [0.25, 0.3) is 33.1 Å². The molecule has 0 atom stereocenters. The second-order valence-corrected chi connectivity index (χ2v) is 8.06. The maximum atomic E-state index is 9.14. The zero-order chi connectivity index (χ0) is 20.7. The average molecular weight is 395 g/mol. The third-order valence-electron chi connectivity index (χ3n) is 6.16. The van der Waals surface area contributed by atoms with Gasteiger partial charge in [0.05, 0.1) is 24.5 Å². The second kappa shape index (κ2) is 7.45. The molecule has 1 fully saturated rings. The number of rotatable bonds is 3. The highest BCUT2D eigenvalue weighted by Crippen LogP contribution is 2.38. The molecule has 0 spiro atoms. The van der Waals surface area contributed by atoms with Crippen LogP contribution in [0.4, 0.5) is 0 Å². The minimum atomic E-state index is 0.203. The molecule has 1 aromatic carbocycles. The number of fused-ring (bicyclic) bond motifs is 2. The summed E-state index contributed by atoms with van der Waals surface area (Å²) in [5.41, 5.74) is 4.72. The van der Waals surface area contributed by atoms with Crippen molar-refractivity contribution in [2.75, 3.05) is 7.11 Å². The van der Waals surface area contributed by atoms with Gasteiger partial charge in [-0.25, -0.2) is 5.26 Å². The van der Waals surface area contributed by atoms with Crippen LogP contribution in [-0.4, -0.2) is 33.6 Å². The van der Waals surface area contributed by atoms with Crippen molar-refractivity contribution < 1.29 is 4.74 Å². The van der Waals surface area contributed by atoms with E-state index in [2.05, 4.69) is 28.2 Å². The molecule has 0 aliphatic carbocycles. The van der Waals surface area contributed by atoms with Gasteiger partial charge >= 0.3 is 0 Å². The number of benzene rings is 1. The Morgan fingerprint density at radius 2 is 2.00 bits per heavy atom. The molecular formula is C23H22BN5O. The van der Waals surface area contributed by atoms with Crippen molar-refractivity contribution in [1.82, 2.24) is 19.7 Å². The SMILES string of the molecule is COc1c(-c2cc3cn(C)nc3cn2)ccc2nc(C3CCB(C#N)CC3)ccc12. The molecule has 0 radical (unpaired) electrons. The number of aromatic nitrogens is 4. The van der Waals surface area contributed by atoms with Gasteiger partial charge in [-0.3, -0.25) is 14.6 Å². The van der Waals surface area contributed by atoms with Gasteiger partial charge < -0.3 is 4.74 Å². The van der Waals surface area contributed by atoms with Crippen LogP contribution in [0.2, 0.25) is 12.6 Å². The van der Waals surface area contributed by atoms with Crippen LogP contribution in [0.5, 0.6) is 5.75 Å². The molecule has 4 heterocycles. The van der Waals surface area contributed by atoms with E-state index in [9.17, 15) is 0 Å². The summed E-state index contributed by atoms with van der Waals surface area (Å²) >= 11 is 0. The Morgan fingerprint density at radius 1 is 1.17 bits per heavy atom. The topological polar surface area (TPSA) is 76.6 Å². The number of methoxy groups -OCH3 is 1. The fourth-order valence-electron chi connectivity index (χ4n) is 4.56. The Hall–Kier alpha value is -3.40. The summed E-state index contributed by atoms with van der Waals surface area (Å²) in [5, 5.41) is 15.6. The van der Waals surface area contributed by atoms with Crippen molar-refractivity contribution in [3.8, 4) is 23.0 Å². The van der Waals surface area contributed by atoms with Crippen LogP contribution in [0.1, 0.15) is 24.5 Å². The summed E-state index contributed by atoms with van der Waals surface area (Å²) in [5.74, 6) is 3.62. The summed E-state index contributed by atoms with van der Waals surface area (Å²) in [7, 11) is 3.60. The Labute approximate surface area is 175 Å². The first-order valence-electron chi connectivity index (χ1n) is 10.3. The Kier molecular flexibility index (Phi) is 4.63. The zero-order valence-electron chi connectivity index (χ0n) is 17.2. The molecule has 3 aromatic heterocycles.